The van der Waals surface area contributed by atoms with E-state index in [1.165, 1.54) is 0 Å². The average molecular weight is 347 g/mol. The van der Waals surface area contributed by atoms with Crippen molar-refractivity contribution in [2.45, 2.75) is 13.3 Å². The molecule has 2 heterocycles. The van der Waals surface area contributed by atoms with Gasteiger partial charge in [0.15, 0.2) is 0 Å². The van der Waals surface area contributed by atoms with Crippen molar-refractivity contribution in [2.24, 2.45) is 0 Å². The number of fused-ring (bicyclic) bond motifs is 1. The molecule has 0 radical (unpaired) electrons. The predicted molar refractivity (Wildman–Crippen MR) is 99.4 cm³/mol. The molecule has 1 saturated heterocycles. The number of methoxy groups -OCH3 is 1. The molecule has 0 spiro atoms. The highest BCUT2D eigenvalue weighted by Gasteiger charge is 2.16. The third-order valence-corrected chi connectivity index (χ3v) is 5.77. The summed E-state index contributed by atoms with van der Waals surface area (Å²) in [6.45, 7) is 8.11. The summed E-state index contributed by atoms with van der Waals surface area (Å²) in [7, 11) is 1.66. The van der Waals surface area contributed by atoms with Gasteiger partial charge in [0.25, 0.3) is 5.91 Å². The predicted octanol–water partition coefficient (Wildman–Crippen LogP) is 2.24. The van der Waals surface area contributed by atoms with Crippen LogP contribution in [0.4, 0.5) is 0 Å². The number of hydrogen-bond acceptors (Lipinski definition) is 5. The molecule has 1 aromatic carbocycles. The fraction of sp³-hybridized carbons (Fsp3) is 0.500. The molecular weight excluding hydrogens is 322 g/mol. The summed E-state index contributed by atoms with van der Waals surface area (Å²) in [4.78, 5) is 15.7. The smallest absolute Gasteiger partial charge is 0.261 e. The molecule has 1 aliphatic rings. The van der Waals surface area contributed by atoms with Gasteiger partial charge in [0, 0.05) is 37.4 Å². The average Bonchev–Trinajstić information content (AvgIpc) is 2.95. The Morgan fingerprint density at radius 2 is 2.17 bits per heavy atom. The van der Waals surface area contributed by atoms with Gasteiger partial charge in [0.05, 0.1) is 12.0 Å². The van der Waals surface area contributed by atoms with Gasteiger partial charge in [-0.15, -0.1) is 11.3 Å². The van der Waals surface area contributed by atoms with E-state index < -0.39 is 0 Å². The summed E-state index contributed by atoms with van der Waals surface area (Å²) in [5.41, 5.74) is 1.04. The van der Waals surface area contributed by atoms with E-state index in [0.29, 0.717) is 0 Å². The number of aryl methyl sites for hydroxylation is 1. The molecule has 6 heteroatoms. The lowest BCUT2D eigenvalue weighted by molar-refractivity contribution is 0.0955. The highest BCUT2D eigenvalue weighted by molar-refractivity contribution is 7.21. The second-order valence-electron chi connectivity index (χ2n) is 6.12. The number of thiophene rings is 1. The first-order valence-corrected chi connectivity index (χ1v) is 9.29. The molecule has 1 aliphatic heterocycles. The number of ether oxygens (including phenoxy) is 1. The molecule has 5 nitrogen and oxygen atoms in total. The molecular formula is C18H25N3O2S. The lowest BCUT2D eigenvalue weighted by Gasteiger charge is -2.27. The Labute approximate surface area is 147 Å². The Hall–Kier alpha value is -1.63. The molecule has 0 bridgehead atoms. The number of hydrogen-bond donors (Lipinski definition) is 2. The van der Waals surface area contributed by atoms with Gasteiger partial charge < -0.3 is 20.3 Å². The van der Waals surface area contributed by atoms with Gasteiger partial charge in [-0.25, -0.2) is 0 Å². The van der Waals surface area contributed by atoms with Crippen LogP contribution >= 0.6 is 11.3 Å². The molecule has 3 rings (SSSR count). The zero-order chi connectivity index (χ0) is 16.9. The van der Waals surface area contributed by atoms with E-state index in [1.54, 1.807) is 18.4 Å². The van der Waals surface area contributed by atoms with Crippen molar-refractivity contribution in [3.63, 3.8) is 0 Å². The van der Waals surface area contributed by atoms with Gasteiger partial charge in [0.1, 0.15) is 5.75 Å². The maximum atomic E-state index is 12.5. The molecule has 2 aromatic rings. The summed E-state index contributed by atoms with van der Waals surface area (Å²) in [6, 6.07) is 5.96. The number of benzene rings is 1. The van der Waals surface area contributed by atoms with Crippen molar-refractivity contribution in [1.29, 1.82) is 0 Å². The topological polar surface area (TPSA) is 53.6 Å². The molecule has 130 valence electrons. The summed E-state index contributed by atoms with van der Waals surface area (Å²) >= 11 is 1.55. The van der Waals surface area contributed by atoms with Gasteiger partial charge in [-0.3, -0.25) is 4.79 Å². The number of nitrogens with zero attached hydrogens (tertiary/aromatic N) is 1. The van der Waals surface area contributed by atoms with Crippen LogP contribution in [-0.4, -0.2) is 57.2 Å². The van der Waals surface area contributed by atoms with E-state index in [1.807, 2.05) is 25.1 Å². The van der Waals surface area contributed by atoms with E-state index in [9.17, 15) is 4.79 Å². The van der Waals surface area contributed by atoms with E-state index in [2.05, 4.69) is 15.5 Å². The van der Waals surface area contributed by atoms with Crippen LogP contribution in [0.3, 0.4) is 0 Å². The molecule has 1 amide bonds. The van der Waals surface area contributed by atoms with E-state index >= 15 is 0 Å². The van der Waals surface area contributed by atoms with E-state index in [4.69, 9.17) is 4.74 Å². The van der Waals surface area contributed by atoms with Crippen molar-refractivity contribution in [3.8, 4) is 5.75 Å². The standard InChI is InChI=1S/C18H25N3O2S/c1-13-15-12-14(23-2)4-5-16(15)24-17(13)18(22)20-6-3-9-21-10-7-19-8-11-21/h4-5,12,19H,3,6-11H2,1-2H3,(H,20,22). The van der Waals surface area contributed by atoms with Crippen molar-refractivity contribution in [2.75, 3.05) is 46.4 Å². The van der Waals surface area contributed by atoms with Gasteiger partial charge in [-0.1, -0.05) is 0 Å². The first kappa shape index (κ1) is 17.2. The fourth-order valence-electron chi connectivity index (χ4n) is 3.06. The Morgan fingerprint density at radius 1 is 1.38 bits per heavy atom. The van der Waals surface area contributed by atoms with Crippen LogP contribution in [0.2, 0.25) is 0 Å². The SMILES string of the molecule is COc1ccc2sc(C(=O)NCCCN3CCNCC3)c(C)c2c1. The quantitative estimate of drug-likeness (QED) is 0.787. The van der Waals surface area contributed by atoms with Crippen molar-refractivity contribution in [3.05, 3.63) is 28.6 Å². The minimum atomic E-state index is 0.0352. The van der Waals surface area contributed by atoms with E-state index in [-0.39, 0.29) is 5.91 Å². The van der Waals surface area contributed by atoms with Gasteiger partial charge in [0.2, 0.25) is 0 Å². The van der Waals surface area contributed by atoms with Crippen LogP contribution in [0.15, 0.2) is 18.2 Å². The van der Waals surface area contributed by atoms with Crippen LogP contribution in [0.1, 0.15) is 21.7 Å². The first-order chi connectivity index (χ1) is 11.7. The zero-order valence-corrected chi connectivity index (χ0v) is 15.2. The summed E-state index contributed by atoms with van der Waals surface area (Å²) in [6.07, 6.45) is 0.990. The molecule has 24 heavy (non-hydrogen) atoms. The van der Waals surface area contributed by atoms with Crippen molar-refractivity contribution >= 4 is 27.3 Å². The number of carbonyl (C=O) groups is 1. The highest BCUT2D eigenvalue weighted by Crippen LogP contribution is 2.33. The first-order valence-electron chi connectivity index (χ1n) is 8.47. The van der Waals surface area contributed by atoms with Gasteiger partial charge >= 0.3 is 0 Å². The second-order valence-corrected chi connectivity index (χ2v) is 7.17. The van der Waals surface area contributed by atoms with E-state index in [0.717, 1.165) is 72.0 Å². The normalized spacial score (nSPS) is 15.6. The number of rotatable bonds is 6. The number of piperazine rings is 1. The molecule has 0 unspecified atom stereocenters. The molecule has 0 aliphatic carbocycles. The largest absolute Gasteiger partial charge is 0.497 e. The van der Waals surface area contributed by atoms with Crippen LogP contribution in [0.5, 0.6) is 5.75 Å². The Balaban J connectivity index is 1.56. The Kier molecular flexibility index (Phi) is 5.71. The summed E-state index contributed by atoms with van der Waals surface area (Å²) < 4.78 is 6.40. The molecule has 0 atom stereocenters. The number of carbonyl (C=O) groups excluding carboxylic acids is 1. The third kappa shape index (κ3) is 3.88. The van der Waals surface area contributed by atoms with Crippen LogP contribution in [0, 0.1) is 6.92 Å². The molecule has 1 aromatic heterocycles. The fourth-order valence-corrected chi connectivity index (χ4v) is 4.17. The van der Waals surface area contributed by atoms with Gasteiger partial charge in [-0.05, 0) is 49.0 Å². The zero-order valence-electron chi connectivity index (χ0n) is 14.4. The summed E-state index contributed by atoms with van der Waals surface area (Å²) in [5.74, 6) is 0.861. The minimum absolute atomic E-state index is 0.0352. The van der Waals surface area contributed by atoms with Crippen LogP contribution in [0.25, 0.3) is 10.1 Å². The monoisotopic (exact) mass is 347 g/mol. The molecule has 2 N–H and O–H groups in total. The van der Waals surface area contributed by atoms with Gasteiger partial charge in [-0.2, -0.15) is 0 Å². The lowest BCUT2D eigenvalue weighted by Crippen LogP contribution is -2.44. The Morgan fingerprint density at radius 3 is 2.92 bits per heavy atom. The molecule has 1 fully saturated rings. The van der Waals surface area contributed by atoms with Crippen LogP contribution in [-0.2, 0) is 0 Å². The number of amides is 1. The second kappa shape index (κ2) is 7.96. The maximum absolute atomic E-state index is 12.5. The molecule has 0 saturated carbocycles. The maximum Gasteiger partial charge on any atom is 0.261 e. The highest BCUT2D eigenvalue weighted by atomic mass is 32.1. The summed E-state index contributed by atoms with van der Waals surface area (Å²) in [5, 5.41) is 7.52. The minimum Gasteiger partial charge on any atom is -0.497 e. The lowest BCUT2D eigenvalue weighted by atomic mass is 10.1. The van der Waals surface area contributed by atoms with Crippen molar-refractivity contribution in [1.82, 2.24) is 15.5 Å². The van der Waals surface area contributed by atoms with Crippen molar-refractivity contribution < 1.29 is 9.53 Å². The third-order valence-electron chi connectivity index (χ3n) is 4.50. The van der Waals surface area contributed by atoms with Crippen LogP contribution < -0.4 is 15.4 Å². The number of nitrogens with one attached hydrogen (secondary N) is 2. The Bertz CT molecular complexity index is 708.